The summed E-state index contributed by atoms with van der Waals surface area (Å²) in [5, 5.41) is 0.746. The molecule has 0 radical (unpaired) electrons. The molecule has 1 heterocycles. The van der Waals surface area contributed by atoms with Crippen molar-refractivity contribution < 1.29 is 0 Å². The number of aromatic nitrogens is 1. The SMILES string of the molecule is CN(CCC(N)c1ccc(Cl)cc1)Cc1ccncc1. The first-order valence-corrected chi connectivity index (χ1v) is 7.11. The van der Waals surface area contributed by atoms with Crippen molar-refractivity contribution >= 4 is 11.6 Å². The fraction of sp³-hybridized carbons (Fsp3) is 0.312. The maximum atomic E-state index is 6.21. The van der Waals surface area contributed by atoms with E-state index in [2.05, 4.69) is 16.9 Å². The minimum atomic E-state index is 0.0483. The number of nitrogens with zero attached hydrogens (tertiary/aromatic N) is 2. The second kappa shape index (κ2) is 7.39. The molecule has 1 aromatic heterocycles. The Bertz CT molecular complexity index is 513. The van der Waals surface area contributed by atoms with Crippen LogP contribution in [0.4, 0.5) is 0 Å². The van der Waals surface area contributed by atoms with E-state index in [1.165, 1.54) is 5.56 Å². The van der Waals surface area contributed by atoms with Gasteiger partial charge in [-0.25, -0.2) is 0 Å². The minimum Gasteiger partial charge on any atom is -0.324 e. The summed E-state index contributed by atoms with van der Waals surface area (Å²) >= 11 is 5.88. The van der Waals surface area contributed by atoms with Gasteiger partial charge in [-0.05, 0) is 55.4 Å². The predicted octanol–water partition coefficient (Wildman–Crippen LogP) is 3.26. The summed E-state index contributed by atoms with van der Waals surface area (Å²) < 4.78 is 0. The first-order valence-electron chi connectivity index (χ1n) is 6.73. The molecule has 2 N–H and O–H groups in total. The maximum absolute atomic E-state index is 6.21. The van der Waals surface area contributed by atoms with Gasteiger partial charge in [0, 0.05) is 30.0 Å². The second-order valence-electron chi connectivity index (χ2n) is 5.04. The normalized spacial score (nSPS) is 12.6. The highest BCUT2D eigenvalue weighted by Gasteiger charge is 2.08. The Morgan fingerprint density at radius 2 is 1.80 bits per heavy atom. The first-order chi connectivity index (χ1) is 9.65. The Morgan fingerprint density at radius 3 is 2.45 bits per heavy atom. The lowest BCUT2D eigenvalue weighted by atomic mass is 10.0. The van der Waals surface area contributed by atoms with Crippen LogP contribution >= 0.6 is 11.6 Å². The molecular weight excluding hydrogens is 270 g/mol. The molecule has 0 aliphatic rings. The average molecular weight is 290 g/mol. The van der Waals surface area contributed by atoms with Crippen LogP contribution in [0.15, 0.2) is 48.8 Å². The summed E-state index contributed by atoms with van der Waals surface area (Å²) in [6, 6.07) is 11.9. The largest absolute Gasteiger partial charge is 0.324 e. The van der Waals surface area contributed by atoms with Gasteiger partial charge in [0.25, 0.3) is 0 Å². The third kappa shape index (κ3) is 4.60. The summed E-state index contributed by atoms with van der Waals surface area (Å²) in [6.45, 7) is 1.86. The van der Waals surface area contributed by atoms with E-state index < -0.39 is 0 Å². The molecule has 0 aliphatic heterocycles. The van der Waals surface area contributed by atoms with Gasteiger partial charge >= 0.3 is 0 Å². The van der Waals surface area contributed by atoms with Crippen molar-refractivity contribution in [3.63, 3.8) is 0 Å². The predicted molar refractivity (Wildman–Crippen MR) is 83.6 cm³/mol. The van der Waals surface area contributed by atoms with Crippen molar-refractivity contribution in [2.24, 2.45) is 5.73 Å². The molecule has 1 aromatic carbocycles. The van der Waals surface area contributed by atoms with Crippen molar-refractivity contribution in [3.05, 3.63) is 64.9 Å². The van der Waals surface area contributed by atoms with Gasteiger partial charge in [-0.2, -0.15) is 0 Å². The van der Waals surface area contributed by atoms with Crippen molar-refractivity contribution in [1.29, 1.82) is 0 Å². The van der Waals surface area contributed by atoms with Crippen molar-refractivity contribution in [2.75, 3.05) is 13.6 Å². The van der Waals surface area contributed by atoms with E-state index >= 15 is 0 Å². The second-order valence-corrected chi connectivity index (χ2v) is 5.48. The van der Waals surface area contributed by atoms with Crippen LogP contribution in [0.5, 0.6) is 0 Å². The van der Waals surface area contributed by atoms with Gasteiger partial charge in [-0.1, -0.05) is 23.7 Å². The Morgan fingerprint density at radius 1 is 1.15 bits per heavy atom. The molecule has 2 rings (SSSR count). The lowest BCUT2D eigenvalue weighted by molar-refractivity contribution is 0.311. The Labute approximate surface area is 125 Å². The summed E-state index contributed by atoms with van der Waals surface area (Å²) in [6.07, 6.45) is 4.56. The molecule has 1 unspecified atom stereocenters. The molecule has 0 bridgehead atoms. The summed E-state index contributed by atoms with van der Waals surface area (Å²) in [4.78, 5) is 6.29. The number of nitrogens with two attached hydrogens (primary N) is 1. The Hall–Kier alpha value is -1.42. The van der Waals surface area contributed by atoms with Gasteiger partial charge in [0.15, 0.2) is 0 Å². The highest BCUT2D eigenvalue weighted by Crippen LogP contribution is 2.17. The van der Waals surface area contributed by atoms with E-state index in [4.69, 9.17) is 17.3 Å². The number of hydrogen-bond donors (Lipinski definition) is 1. The van der Waals surface area contributed by atoms with Crippen LogP contribution in [0.1, 0.15) is 23.6 Å². The smallest absolute Gasteiger partial charge is 0.0406 e. The van der Waals surface area contributed by atoms with Gasteiger partial charge in [0.1, 0.15) is 0 Å². The summed E-state index contributed by atoms with van der Waals surface area (Å²) in [5.74, 6) is 0. The van der Waals surface area contributed by atoms with Crippen LogP contribution in [0.25, 0.3) is 0 Å². The van der Waals surface area contributed by atoms with Crippen LogP contribution in [-0.4, -0.2) is 23.5 Å². The molecule has 0 saturated carbocycles. The lowest BCUT2D eigenvalue weighted by Crippen LogP contribution is -2.23. The van der Waals surface area contributed by atoms with E-state index in [0.717, 1.165) is 30.1 Å². The molecule has 106 valence electrons. The van der Waals surface area contributed by atoms with E-state index in [1.807, 2.05) is 48.8 Å². The third-order valence-electron chi connectivity index (χ3n) is 3.32. The molecule has 0 saturated heterocycles. The van der Waals surface area contributed by atoms with Gasteiger partial charge < -0.3 is 10.6 Å². The van der Waals surface area contributed by atoms with E-state index in [1.54, 1.807) is 0 Å². The van der Waals surface area contributed by atoms with E-state index in [9.17, 15) is 0 Å². The van der Waals surface area contributed by atoms with Gasteiger partial charge in [0.05, 0.1) is 0 Å². The fourth-order valence-corrected chi connectivity index (χ4v) is 2.24. The topological polar surface area (TPSA) is 42.1 Å². The maximum Gasteiger partial charge on any atom is 0.0406 e. The molecule has 0 spiro atoms. The van der Waals surface area contributed by atoms with Crippen LogP contribution in [0.2, 0.25) is 5.02 Å². The van der Waals surface area contributed by atoms with Crippen LogP contribution in [-0.2, 0) is 6.54 Å². The average Bonchev–Trinajstić information content (AvgIpc) is 2.46. The third-order valence-corrected chi connectivity index (χ3v) is 3.57. The number of hydrogen-bond acceptors (Lipinski definition) is 3. The molecule has 4 heteroatoms. The van der Waals surface area contributed by atoms with Gasteiger partial charge in [-0.15, -0.1) is 0 Å². The molecule has 20 heavy (non-hydrogen) atoms. The van der Waals surface area contributed by atoms with Crippen molar-refractivity contribution in [2.45, 2.75) is 19.0 Å². The zero-order valence-corrected chi connectivity index (χ0v) is 12.4. The van der Waals surface area contributed by atoms with Crippen LogP contribution < -0.4 is 5.73 Å². The van der Waals surface area contributed by atoms with Gasteiger partial charge in [0.2, 0.25) is 0 Å². The zero-order valence-electron chi connectivity index (χ0n) is 11.7. The number of halogens is 1. The molecule has 1 atom stereocenters. The van der Waals surface area contributed by atoms with E-state index in [-0.39, 0.29) is 6.04 Å². The number of benzene rings is 1. The van der Waals surface area contributed by atoms with Crippen LogP contribution in [0.3, 0.4) is 0 Å². The number of pyridine rings is 1. The molecule has 0 aliphatic carbocycles. The summed E-state index contributed by atoms with van der Waals surface area (Å²) in [7, 11) is 2.11. The quantitative estimate of drug-likeness (QED) is 0.887. The highest BCUT2D eigenvalue weighted by molar-refractivity contribution is 6.30. The Kier molecular flexibility index (Phi) is 5.53. The first kappa shape index (κ1) is 15.0. The monoisotopic (exact) mass is 289 g/mol. The zero-order chi connectivity index (χ0) is 14.4. The Balaban J connectivity index is 1.81. The molecule has 0 fully saturated rings. The van der Waals surface area contributed by atoms with Crippen molar-refractivity contribution in [1.82, 2.24) is 9.88 Å². The lowest BCUT2D eigenvalue weighted by Gasteiger charge is -2.19. The summed E-state index contributed by atoms with van der Waals surface area (Å²) in [5.41, 5.74) is 8.60. The van der Waals surface area contributed by atoms with Gasteiger partial charge in [-0.3, -0.25) is 4.98 Å². The molecular formula is C16H20ClN3. The highest BCUT2D eigenvalue weighted by atomic mass is 35.5. The number of rotatable bonds is 6. The standard InChI is InChI=1S/C16H20ClN3/c1-20(12-13-6-9-19-10-7-13)11-8-16(18)14-2-4-15(17)5-3-14/h2-7,9-10,16H,8,11-12,18H2,1H3. The molecule has 3 nitrogen and oxygen atoms in total. The van der Waals surface area contributed by atoms with Crippen molar-refractivity contribution in [3.8, 4) is 0 Å². The molecule has 0 amide bonds. The van der Waals surface area contributed by atoms with Crippen LogP contribution in [0, 0.1) is 0 Å². The van der Waals surface area contributed by atoms with E-state index in [0.29, 0.717) is 0 Å². The fourth-order valence-electron chi connectivity index (χ4n) is 2.12. The minimum absolute atomic E-state index is 0.0483. The molecule has 2 aromatic rings.